The van der Waals surface area contributed by atoms with Crippen molar-refractivity contribution in [2.45, 2.75) is 25.8 Å². The van der Waals surface area contributed by atoms with Crippen LogP contribution in [0.5, 0.6) is 0 Å². The van der Waals surface area contributed by atoms with Gasteiger partial charge < -0.3 is 10.2 Å². The predicted molar refractivity (Wildman–Crippen MR) is 83.1 cm³/mol. The fraction of sp³-hybridized carbons (Fsp3) is 0.500. The van der Waals surface area contributed by atoms with E-state index >= 15 is 0 Å². The van der Waals surface area contributed by atoms with Gasteiger partial charge in [0.25, 0.3) is 0 Å². The van der Waals surface area contributed by atoms with Crippen LogP contribution in [0.3, 0.4) is 0 Å². The molecule has 1 N–H and O–H groups in total. The van der Waals surface area contributed by atoms with Crippen LogP contribution in [0.15, 0.2) is 24.3 Å². The van der Waals surface area contributed by atoms with Crippen molar-refractivity contribution < 1.29 is 9.59 Å². The summed E-state index contributed by atoms with van der Waals surface area (Å²) >= 11 is 0. The van der Waals surface area contributed by atoms with Crippen LogP contribution in [0.2, 0.25) is 0 Å². The average molecular weight is 289 g/mol. The van der Waals surface area contributed by atoms with Gasteiger partial charge in [0.05, 0.1) is 12.6 Å². The lowest BCUT2D eigenvalue weighted by Gasteiger charge is -2.25. The van der Waals surface area contributed by atoms with E-state index in [0.717, 1.165) is 30.6 Å². The highest BCUT2D eigenvalue weighted by molar-refractivity contribution is 5.93. The Bertz CT molecular complexity index is 511. The molecule has 2 rings (SSSR count). The SMILES string of the molecule is Cc1ccc(NC(=O)CN2CCC[C@H]2C(=O)N(C)C)cc1. The summed E-state index contributed by atoms with van der Waals surface area (Å²) in [6.07, 6.45) is 1.79. The number of nitrogens with zero attached hydrogens (tertiary/aromatic N) is 2. The number of hydrogen-bond donors (Lipinski definition) is 1. The third-order valence-electron chi connectivity index (χ3n) is 3.77. The van der Waals surface area contributed by atoms with Crippen molar-refractivity contribution in [2.24, 2.45) is 0 Å². The third-order valence-corrected chi connectivity index (χ3v) is 3.77. The Morgan fingerprint density at radius 1 is 1.29 bits per heavy atom. The second kappa shape index (κ2) is 6.72. The standard InChI is InChI=1S/C16H23N3O2/c1-12-6-8-13(9-7-12)17-15(20)11-19-10-4-5-14(19)16(21)18(2)3/h6-9,14H,4-5,10-11H2,1-3H3,(H,17,20)/t14-/m0/s1. The summed E-state index contributed by atoms with van der Waals surface area (Å²) in [5.41, 5.74) is 1.95. The number of anilines is 1. The molecule has 0 spiro atoms. The normalized spacial score (nSPS) is 18.5. The molecule has 1 aromatic carbocycles. The number of rotatable bonds is 4. The van der Waals surface area contributed by atoms with E-state index in [0.29, 0.717) is 0 Å². The first-order chi connectivity index (χ1) is 9.97. The minimum Gasteiger partial charge on any atom is -0.347 e. The van der Waals surface area contributed by atoms with Crippen LogP contribution in [0.25, 0.3) is 0 Å². The van der Waals surface area contributed by atoms with Crippen LogP contribution in [-0.4, -0.2) is 54.8 Å². The minimum atomic E-state index is -0.163. The maximum absolute atomic E-state index is 12.1. The fourth-order valence-corrected chi connectivity index (χ4v) is 2.61. The van der Waals surface area contributed by atoms with Crippen LogP contribution < -0.4 is 5.32 Å². The van der Waals surface area contributed by atoms with E-state index in [1.54, 1.807) is 19.0 Å². The second-order valence-electron chi connectivity index (χ2n) is 5.78. The third kappa shape index (κ3) is 4.04. The quantitative estimate of drug-likeness (QED) is 0.913. The van der Waals surface area contributed by atoms with Gasteiger partial charge in [-0.05, 0) is 38.4 Å². The Morgan fingerprint density at radius 3 is 2.57 bits per heavy atom. The van der Waals surface area contributed by atoms with Gasteiger partial charge in [0.1, 0.15) is 0 Å². The molecule has 1 heterocycles. The Balaban J connectivity index is 1.92. The van der Waals surface area contributed by atoms with Gasteiger partial charge in [-0.25, -0.2) is 0 Å². The summed E-state index contributed by atoms with van der Waals surface area (Å²) < 4.78 is 0. The number of likely N-dealkylation sites (N-methyl/N-ethyl adjacent to an activating group) is 1. The van der Waals surface area contributed by atoms with Crippen LogP contribution in [0.4, 0.5) is 5.69 Å². The molecule has 5 nitrogen and oxygen atoms in total. The van der Waals surface area contributed by atoms with Gasteiger partial charge in [-0.2, -0.15) is 0 Å². The first kappa shape index (κ1) is 15.5. The topological polar surface area (TPSA) is 52.7 Å². The lowest BCUT2D eigenvalue weighted by Crippen LogP contribution is -2.45. The number of aryl methyl sites for hydroxylation is 1. The van der Waals surface area contributed by atoms with Gasteiger partial charge in [0.2, 0.25) is 11.8 Å². The number of hydrogen-bond acceptors (Lipinski definition) is 3. The summed E-state index contributed by atoms with van der Waals surface area (Å²) in [5.74, 6) is 0.00736. The summed E-state index contributed by atoms with van der Waals surface area (Å²) in [6.45, 7) is 3.07. The molecule has 0 aromatic heterocycles. The highest BCUT2D eigenvalue weighted by Crippen LogP contribution is 2.18. The monoisotopic (exact) mass is 289 g/mol. The number of carbonyl (C=O) groups excluding carboxylic acids is 2. The first-order valence-corrected chi connectivity index (χ1v) is 7.29. The second-order valence-corrected chi connectivity index (χ2v) is 5.78. The lowest BCUT2D eigenvalue weighted by molar-refractivity contribution is -0.133. The summed E-state index contributed by atoms with van der Waals surface area (Å²) in [6, 6.07) is 7.54. The molecule has 21 heavy (non-hydrogen) atoms. The fourth-order valence-electron chi connectivity index (χ4n) is 2.61. The number of carbonyl (C=O) groups is 2. The molecule has 5 heteroatoms. The van der Waals surface area contributed by atoms with Crippen LogP contribution in [-0.2, 0) is 9.59 Å². The largest absolute Gasteiger partial charge is 0.347 e. The van der Waals surface area contributed by atoms with Crippen molar-refractivity contribution in [1.82, 2.24) is 9.80 Å². The molecule has 1 aliphatic rings. The summed E-state index contributed by atoms with van der Waals surface area (Å²) in [7, 11) is 3.51. The molecular formula is C16H23N3O2. The van der Waals surface area contributed by atoms with E-state index in [9.17, 15) is 9.59 Å². The van der Waals surface area contributed by atoms with Crippen molar-refractivity contribution in [3.05, 3.63) is 29.8 Å². The zero-order chi connectivity index (χ0) is 15.4. The zero-order valence-electron chi connectivity index (χ0n) is 12.9. The van der Waals surface area contributed by atoms with Crippen LogP contribution in [0.1, 0.15) is 18.4 Å². The maximum atomic E-state index is 12.1. The molecule has 2 amide bonds. The van der Waals surface area contributed by atoms with Crippen molar-refractivity contribution >= 4 is 17.5 Å². The smallest absolute Gasteiger partial charge is 0.239 e. The van der Waals surface area contributed by atoms with Crippen molar-refractivity contribution in [3.63, 3.8) is 0 Å². The molecule has 0 saturated carbocycles. The van der Waals surface area contributed by atoms with E-state index in [2.05, 4.69) is 5.32 Å². The number of likely N-dealkylation sites (tertiary alicyclic amines) is 1. The highest BCUT2D eigenvalue weighted by atomic mass is 16.2. The Kier molecular flexibility index (Phi) is 4.96. The van der Waals surface area contributed by atoms with Crippen molar-refractivity contribution in [3.8, 4) is 0 Å². The van der Waals surface area contributed by atoms with E-state index in [1.807, 2.05) is 36.1 Å². The molecule has 1 aromatic rings. The molecule has 1 aliphatic heterocycles. The summed E-state index contributed by atoms with van der Waals surface area (Å²) in [4.78, 5) is 27.8. The number of amides is 2. The van der Waals surface area contributed by atoms with Gasteiger partial charge in [0.15, 0.2) is 0 Å². The van der Waals surface area contributed by atoms with Gasteiger partial charge in [-0.15, -0.1) is 0 Å². The van der Waals surface area contributed by atoms with Gasteiger partial charge in [-0.3, -0.25) is 14.5 Å². The van der Waals surface area contributed by atoms with Crippen LogP contribution >= 0.6 is 0 Å². The molecule has 0 bridgehead atoms. The molecule has 0 aliphatic carbocycles. The number of benzene rings is 1. The van der Waals surface area contributed by atoms with E-state index < -0.39 is 0 Å². The van der Waals surface area contributed by atoms with Crippen molar-refractivity contribution in [1.29, 1.82) is 0 Å². The molecular weight excluding hydrogens is 266 g/mol. The van der Waals surface area contributed by atoms with E-state index in [1.165, 1.54) is 0 Å². The molecule has 0 radical (unpaired) electrons. The van der Waals surface area contributed by atoms with Crippen LogP contribution in [0, 0.1) is 6.92 Å². The molecule has 114 valence electrons. The molecule has 0 unspecified atom stereocenters. The van der Waals surface area contributed by atoms with Gasteiger partial charge >= 0.3 is 0 Å². The zero-order valence-corrected chi connectivity index (χ0v) is 12.9. The minimum absolute atomic E-state index is 0.0719. The van der Waals surface area contributed by atoms with Crippen molar-refractivity contribution in [2.75, 3.05) is 32.5 Å². The van der Waals surface area contributed by atoms with Gasteiger partial charge in [-0.1, -0.05) is 17.7 Å². The Hall–Kier alpha value is -1.88. The van der Waals surface area contributed by atoms with E-state index in [-0.39, 0.29) is 24.4 Å². The first-order valence-electron chi connectivity index (χ1n) is 7.29. The summed E-state index contributed by atoms with van der Waals surface area (Å²) in [5, 5.41) is 2.88. The van der Waals surface area contributed by atoms with E-state index in [4.69, 9.17) is 0 Å². The molecule has 1 fully saturated rings. The molecule has 1 atom stereocenters. The highest BCUT2D eigenvalue weighted by Gasteiger charge is 2.32. The lowest BCUT2D eigenvalue weighted by atomic mass is 10.2. The average Bonchev–Trinajstić information content (AvgIpc) is 2.88. The van der Waals surface area contributed by atoms with Gasteiger partial charge in [0, 0.05) is 19.8 Å². The Morgan fingerprint density at radius 2 is 1.95 bits per heavy atom. The Labute approximate surface area is 125 Å². The maximum Gasteiger partial charge on any atom is 0.239 e. The number of nitrogens with one attached hydrogen (secondary N) is 1. The predicted octanol–water partition coefficient (Wildman–Crippen LogP) is 1.49. The molecule has 1 saturated heterocycles.